The van der Waals surface area contributed by atoms with Gasteiger partial charge in [0.05, 0.1) is 0 Å². The van der Waals surface area contributed by atoms with E-state index in [9.17, 15) is 10.2 Å². The number of nitrogens with one attached hydrogen (secondary N) is 2. The minimum absolute atomic E-state index is 0. The number of hydrazone groups is 2. The Bertz CT molecular complexity index is 1220. The first-order valence-electron chi connectivity index (χ1n) is 10.6. The van der Waals surface area contributed by atoms with Crippen molar-refractivity contribution in [3.05, 3.63) is 132 Å². The second-order valence-corrected chi connectivity index (χ2v) is 7.77. The molecule has 0 fully saturated rings. The van der Waals surface area contributed by atoms with E-state index in [0.29, 0.717) is 21.1 Å². The Morgan fingerprint density at radius 2 is 0.865 bits per heavy atom. The normalized spacial score (nSPS) is 10.7. The average Bonchev–Trinajstić information content (AvgIpc) is 2.96. The molecule has 4 N–H and O–H groups in total. The minimum atomic E-state index is -0.129. The molecule has 0 atom stereocenters. The molecule has 0 amide bonds. The van der Waals surface area contributed by atoms with E-state index in [1.165, 1.54) is 0 Å². The van der Waals surface area contributed by atoms with Gasteiger partial charge in [-0.25, -0.2) is 0 Å². The van der Waals surface area contributed by atoms with Crippen LogP contribution in [0.25, 0.3) is 0 Å². The zero-order chi connectivity index (χ0) is 25.6. The van der Waals surface area contributed by atoms with Crippen molar-refractivity contribution in [2.45, 2.75) is 0 Å². The van der Waals surface area contributed by atoms with Gasteiger partial charge in [-0.1, -0.05) is 85.1 Å². The Balaban J connectivity index is 0.000000253. The molecule has 2 aromatic heterocycles. The van der Waals surface area contributed by atoms with Crippen molar-refractivity contribution in [3.63, 3.8) is 0 Å². The Morgan fingerprint density at radius 1 is 0.541 bits per heavy atom. The summed E-state index contributed by atoms with van der Waals surface area (Å²) in [5.41, 5.74) is 8.14. The van der Waals surface area contributed by atoms with Gasteiger partial charge in [0.25, 0.3) is 0 Å². The van der Waals surface area contributed by atoms with Crippen LogP contribution in [0, 0.1) is 0 Å². The molecule has 0 unspecified atom stereocenters. The monoisotopic (exact) mass is 578 g/mol. The zero-order valence-electron chi connectivity index (χ0n) is 19.6. The summed E-state index contributed by atoms with van der Waals surface area (Å²) in [6.45, 7) is 0. The Morgan fingerprint density at radius 3 is 1.19 bits per heavy atom. The van der Waals surface area contributed by atoms with Crippen LogP contribution in [0.1, 0.15) is 22.3 Å². The van der Waals surface area contributed by atoms with Crippen molar-refractivity contribution in [1.29, 1.82) is 0 Å². The summed E-state index contributed by atoms with van der Waals surface area (Å²) in [5, 5.41) is 27.1. The predicted molar refractivity (Wildman–Crippen MR) is 149 cm³/mol. The summed E-state index contributed by atoms with van der Waals surface area (Å²) in [6.07, 6.45) is 6.32. The molecule has 8 nitrogen and oxygen atoms in total. The van der Waals surface area contributed by atoms with Crippen molar-refractivity contribution in [2.24, 2.45) is 10.2 Å². The van der Waals surface area contributed by atoms with Crippen LogP contribution in [-0.4, -0.2) is 42.0 Å². The molecular weight excluding hydrogens is 558 g/mol. The van der Waals surface area contributed by atoms with Crippen LogP contribution < -0.4 is 10.9 Å². The van der Waals surface area contributed by atoms with Crippen LogP contribution in [0.3, 0.4) is 0 Å². The van der Waals surface area contributed by atoms with E-state index in [1.807, 2.05) is 60.7 Å². The van der Waals surface area contributed by atoms with Crippen LogP contribution in [-0.2, 0) is 19.5 Å². The van der Waals surface area contributed by atoms with Gasteiger partial charge in [-0.2, -0.15) is 0 Å². The average molecular weight is 580 g/mol. The Hall–Kier alpha value is -3.92. The molecule has 37 heavy (non-hydrogen) atoms. The quantitative estimate of drug-likeness (QED) is 0.0866. The van der Waals surface area contributed by atoms with Crippen LogP contribution in [0.5, 0.6) is 0 Å². The fourth-order valence-corrected chi connectivity index (χ4v) is 3.01. The number of hydrogen-bond donors (Lipinski definition) is 4. The van der Waals surface area contributed by atoms with Gasteiger partial charge < -0.3 is 10.2 Å². The Kier molecular flexibility index (Phi) is 12.6. The van der Waals surface area contributed by atoms with Crippen LogP contribution >= 0.6 is 24.4 Å². The second kappa shape index (κ2) is 16.0. The maximum Gasteiger partial charge on any atom is 0.236 e. The van der Waals surface area contributed by atoms with Gasteiger partial charge in [0, 0.05) is 66.5 Å². The molecule has 0 aliphatic heterocycles. The number of pyridine rings is 2. The summed E-state index contributed by atoms with van der Waals surface area (Å²) >= 11 is 10.3. The molecule has 0 bridgehead atoms. The van der Waals surface area contributed by atoms with E-state index in [4.69, 9.17) is 24.4 Å². The molecule has 4 aromatic rings. The van der Waals surface area contributed by atoms with E-state index in [2.05, 4.69) is 31.0 Å². The standard InChI is InChI=1S/2C13H11N3OS.Zn/c2*17-12(10-6-8-14-9-7-10)15-16-13(18)11-4-2-1-3-5-11;/h2*1-9H,(H,15,17)(H,16,18);. The third-order valence-electron chi connectivity index (χ3n) is 4.48. The number of hydrogen-bond acceptors (Lipinski definition) is 6. The van der Waals surface area contributed by atoms with E-state index >= 15 is 0 Å². The fraction of sp³-hybridized carbons (Fsp3) is 0. The Labute approximate surface area is 238 Å². The molecule has 0 saturated carbocycles. The van der Waals surface area contributed by atoms with Gasteiger partial charge in [0.15, 0.2) is 0 Å². The topological polar surface area (TPSA) is 115 Å². The summed E-state index contributed by atoms with van der Waals surface area (Å²) in [6, 6.07) is 25.5. The molecule has 11 heteroatoms. The van der Waals surface area contributed by atoms with Crippen molar-refractivity contribution in [1.82, 2.24) is 20.8 Å². The van der Waals surface area contributed by atoms with Crippen molar-refractivity contribution < 1.29 is 29.7 Å². The van der Waals surface area contributed by atoms with E-state index < -0.39 is 0 Å². The zero-order valence-corrected chi connectivity index (χ0v) is 24.2. The molecule has 0 aliphatic rings. The first kappa shape index (κ1) is 29.3. The number of aliphatic hydroxyl groups excluding tert-OH is 2. The van der Waals surface area contributed by atoms with Gasteiger partial charge in [0.1, 0.15) is 9.98 Å². The second-order valence-electron chi connectivity index (χ2n) is 6.96. The van der Waals surface area contributed by atoms with Gasteiger partial charge in [-0.05, 0) is 24.3 Å². The molecule has 0 saturated heterocycles. The van der Waals surface area contributed by atoms with Gasteiger partial charge in [-0.3, -0.25) is 20.8 Å². The summed E-state index contributed by atoms with van der Waals surface area (Å²) < 4.78 is 0. The van der Waals surface area contributed by atoms with Crippen molar-refractivity contribution >= 4 is 46.2 Å². The number of rotatable bonds is 6. The number of aromatic nitrogens is 2. The summed E-state index contributed by atoms with van der Waals surface area (Å²) in [5.74, 6) is -0.258. The molecule has 4 rings (SSSR count). The van der Waals surface area contributed by atoms with Crippen molar-refractivity contribution in [2.75, 3.05) is 0 Å². The largest absolute Gasteiger partial charge is 0.492 e. The minimum Gasteiger partial charge on any atom is -0.492 e. The molecule has 2 aromatic carbocycles. The molecule has 0 radical (unpaired) electrons. The fourth-order valence-electron chi connectivity index (χ4n) is 2.65. The molecule has 2 heterocycles. The maximum atomic E-state index is 9.72. The van der Waals surface area contributed by atoms with E-state index in [0.717, 1.165) is 11.1 Å². The summed E-state index contributed by atoms with van der Waals surface area (Å²) in [4.78, 5) is 8.63. The van der Waals surface area contributed by atoms with E-state index in [-0.39, 0.29) is 31.3 Å². The van der Waals surface area contributed by atoms with Crippen LogP contribution in [0.15, 0.2) is 120 Å². The maximum absolute atomic E-state index is 9.72. The SMILES string of the molecule is O/C(=N\NC(=S)c1ccccc1)c1ccncc1.O/C(=N\NC(=S)c1ccccc1)c1ccncc1.[Zn]. The van der Waals surface area contributed by atoms with Crippen LogP contribution in [0.4, 0.5) is 0 Å². The molecule has 182 valence electrons. The third kappa shape index (κ3) is 9.93. The first-order chi connectivity index (χ1) is 17.5. The molecule has 0 spiro atoms. The van der Waals surface area contributed by atoms with E-state index in [1.54, 1.807) is 49.1 Å². The van der Waals surface area contributed by atoms with Crippen LogP contribution in [0.2, 0.25) is 0 Å². The van der Waals surface area contributed by atoms with Gasteiger partial charge >= 0.3 is 0 Å². The van der Waals surface area contributed by atoms with Crippen molar-refractivity contribution in [3.8, 4) is 0 Å². The number of nitrogens with zero attached hydrogens (tertiary/aromatic N) is 4. The number of aliphatic hydroxyl groups is 2. The summed E-state index contributed by atoms with van der Waals surface area (Å²) in [7, 11) is 0. The van der Waals surface area contributed by atoms with Gasteiger partial charge in [-0.15, -0.1) is 10.2 Å². The van der Waals surface area contributed by atoms with Gasteiger partial charge in [0.2, 0.25) is 11.8 Å². The smallest absolute Gasteiger partial charge is 0.236 e. The molecule has 0 aliphatic carbocycles. The first-order valence-corrected chi connectivity index (χ1v) is 11.4. The third-order valence-corrected chi connectivity index (χ3v) is 5.13. The predicted octanol–water partition coefficient (Wildman–Crippen LogP) is 4.53. The number of thiocarbonyl (C=S) groups is 2. The molecular formula is C26H22N6O2S2Zn. The number of benzene rings is 2.